The van der Waals surface area contributed by atoms with Crippen LogP contribution in [0.1, 0.15) is 47.8 Å². The van der Waals surface area contributed by atoms with Crippen LogP contribution in [0.25, 0.3) is 17.0 Å². The number of hydrogen-bond donors (Lipinski definition) is 1. The van der Waals surface area contributed by atoms with Crippen molar-refractivity contribution in [3.8, 4) is 0 Å². The zero-order valence-electron chi connectivity index (χ0n) is 26.1. The zero-order chi connectivity index (χ0) is 33.7. The molecule has 244 valence electrons. The number of aromatic nitrogens is 1. The Hall–Kier alpha value is -5.27. The van der Waals surface area contributed by atoms with Crippen LogP contribution in [-0.2, 0) is 38.7 Å². The van der Waals surface area contributed by atoms with Crippen molar-refractivity contribution in [2.24, 2.45) is 5.16 Å². The monoisotopic (exact) mass is 659 g/mol. The zero-order valence-corrected chi connectivity index (χ0v) is 26.9. The number of nitrogens with one attached hydrogen (secondary N) is 1. The smallest absolute Gasteiger partial charge is 0.368 e. The summed E-state index contributed by atoms with van der Waals surface area (Å²) >= 11 is 0. The van der Waals surface area contributed by atoms with Crippen molar-refractivity contribution >= 4 is 56.3 Å². The number of sulfonamides is 1. The molecule has 0 fully saturated rings. The summed E-state index contributed by atoms with van der Waals surface area (Å²) < 4.78 is 45.9. The van der Waals surface area contributed by atoms with Gasteiger partial charge in [0.1, 0.15) is 11.8 Å². The number of hydrogen-bond acceptors (Lipinski definition) is 10. The summed E-state index contributed by atoms with van der Waals surface area (Å²) in [4.78, 5) is 42.4. The number of anilines is 1. The lowest BCUT2D eigenvalue weighted by molar-refractivity contribution is -0.144. The van der Waals surface area contributed by atoms with E-state index in [2.05, 4.69) is 9.88 Å². The Morgan fingerprint density at radius 2 is 1.77 bits per heavy atom. The van der Waals surface area contributed by atoms with Gasteiger partial charge in [0.05, 0.1) is 35.9 Å². The summed E-state index contributed by atoms with van der Waals surface area (Å²) in [6.45, 7) is 3.70. The van der Waals surface area contributed by atoms with Crippen molar-refractivity contribution in [2.45, 2.75) is 37.3 Å². The van der Waals surface area contributed by atoms with E-state index in [4.69, 9.17) is 19.0 Å². The lowest BCUT2D eigenvalue weighted by atomic mass is 10.0. The van der Waals surface area contributed by atoms with E-state index in [1.807, 2.05) is 31.2 Å². The SMILES string of the molecule is COC(=O)C(C)n1cc(/C=C2\C(=O)ON=C2c2ccc(NS(=O)(=O)c3cccc(C(=O)OCCC(C)OC)c3)cc2)c2ccccc21. The molecule has 1 aliphatic heterocycles. The van der Waals surface area contributed by atoms with Gasteiger partial charge in [-0.15, -0.1) is 0 Å². The number of rotatable bonds is 12. The Morgan fingerprint density at radius 1 is 1.02 bits per heavy atom. The Labute approximate surface area is 271 Å². The number of fused-ring (bicyclic) bond motifs is 1. The number of esters is 2. The molecule has 4 aromatic rings. The predicted molar refractivity (Wildman–Crippen MR) is 174 cm³/mol. The van der Waals surface area contributed by atoms with Crippen LogP contribution in [0.3, 0.4) is 0 Å². The van der Waals surface area contributed by atoms with E-state index in [0.717, 1.165) is 10.9 Å². The van der Waals surface area contributed by atoms with Gasteiger partial charge in [0.25, 0.3) is 10.0 Å². The highest BCUT2D eigenvalue weighted by molar-refractivity contribution is 7.92. The molecule has 0 radical (unpaired) electrons. The fraction of sp³-hybridized carbons (Fsp3) is 0.235. The van der Waals surface area contributed by atoms with Gasteiger partial charge in [-0.05, 0) is 56.3 Å². The number of carbonyl (C=O) groups excluding carboxylic acids is 3. The van der Waals surface area contributed by atoms with Gasteiger partial charge in [-0.2, -0.15) is 0 Å². The number of benzene rings is 3. The topological polar surface area (TPSA) is 152 Å². The molecule has 0 saturated heterocycles. The molecule has 3 aromatic carbocycles. The van der Waals surface area contributed by atoms with Crippen LogP contribution in [0.5, 0.6) is 0 Å². The van der Waals surface area contributed by atoms with Gasteiger partial charge < -0.3 is 23.6 Å². The molecular weight excluding hydrogens is 626 g/mol. The molecule has 0 aliphatic carbocycles. The first-order valence-electron chi connectivity index (χ1n) is 14.6. The Morgan fingerprint density at radius 3 is 2.49 bits per heavy atom. The van der Waals surface area contributed by atoms with Crippen LogP contribution in [0.15, 0.2) is 94.6 Å². The number of carbonyl (C=O) groups is 3. The summed E-state index contributed by atoms with van der Waals surface area (Å²) in [5.41, 5.74) is 2.73. The standard InChI is InChI=1S/C34H33N3O9S/c1-21(43-3)16-17-45-33(39)24-8-7-9-27(18-24)47(41,42)36-26-14-12-23(13-15-26)31-29(34(40)46-35-31)19-25-20-37(22(2)32(38)44-4)30-11-6-5-10-28(25)30/h5-15,18-22,36H,16-17H2,1-4H3/b29-19-. The van der Waals surface area contributed by atoms with Gasteiger partial charge in [0.2, 0.25) is 0 Å². The first-order valence-corrected chi connectivity index (χ1v) is 16.1. The van der Waals surface area contributed by atoms with Gasteiger partial charge >= 0.3 is 17.9 Å². The van der Waals surface area contributed by atoms with E-state index in [9.17, 15) is 22.8 Å². The second-order valence-corrected chi connectivity index (χ2v) is 12.4. The summed E-state index contributed by atoms with van der Waals surface area (Å²) in [5, 5.41) is 4.77. The summed E-state index contributed by atoms with van der Waals surface area (Å²) in [6, 6.07) is 18.6. The van der Waals surface area contributed by atoms with Gasteiger partial charge in [-0.25, -0.2) is 22.8 Å². The van der Waals surface area contributed by atoms with Gasteiger partial charge in [0.15, 0.2) is 0 Å². The van der Waals surface area contributed by atoms with Crippen molar-refractivity contribution in [3.63, 3.8) is 0 Å². The second-order valence-electron chi connectivity index (χ2n) is 10.8. The first kappa shape index (κ1) is 33.1. The van der Waals surface area contributed by atoms with E-state index in [0.29, 0.717) is 17.5 Å². The average Bonchev–Trinajstić information content (AvgIpc) is 3.64. The molecule has 0 bridgehead atoms. The van der Waals surface area contributed by atoms with Crippen molar-refractivity contribution < 1.29 is 41.8 Å². The number of para-hydroxylation sites is 1. The van der Waals surface area contributed by atoms with Gasteiger partial charge in [-0.3, -0.25) is 4.72 Å². The molecule has 12 nitrogen and oxygen atoms in total. The minimum absolute atomic E-state index is 0.0853. The third-order valence-corrected chi connectivity index (χ3v) is 9.06. The Bertz CT molecular complexity index is 2000. The van der Waals surface area contributed by atoms with Crippen LogP contribution in [0.2, 0.25) is 0 Å². The highest BCUT2D eigenvalue weighted by Gasteiger charge is 2.28. The summed E-state index contributed by atoms with van der Waals surface area (Å²) in [7, 11) is -1.18. The molecule has 2 heterocycles. The van der Waals surface area contributed by atoms with Crippen LogP contribution in [-0.4, -0.2) is 63.5 Å². The maximum Gasteiger partial charge on any atom is 0.368 e. The number of oxime groups is 1. The maximum atomic E-state index is 13.2. The number of nitrogens with zero attached hydrogens (tertiary/aromatic N) is 2. The van der Waals surface area contributed by atoms with Crippen LogP contribution in [0, 0.1) is 0 Å². The third-order valence-electron chi connectivity index (χ3n) is 7.68. The molecule has 1 aromatic heterocycles. The predicted octanol–water partition coefficient (Wildman–Crippen LogP) is 5.10. The second kappa shape index (κ2) is 14.0. The van der Waals surface area contributed by atoms with Crippen LogP contribution >= 0.6 is 0 Å². The lowest BCUT2D eigenvalue weighted by Crippen LogP contribution is -2.16. The largest absolute Gasteiger partial charge is 0.467 e. The van der Waals surface area contributed by atoms with E-state index >= 15 is 0 Å². The quantitative estimate of drug-likeness (QED) is 0.124. The fourth-order valence-corrected chi connectivity index (χ4v) is 6.05. The number of methoxy groups -OCH3 is 2. The van der Waals surface area contributed by atoms with E-state index in [-0.39, 0.29) is 40.1 Å². The Kier molecular flexibility index (Phi) is 9.87. The molecule has 1 aliphatic rings. The summed E-state index contributed by atoms with van der Waals surface area (Å²) in [6.07, 6.45) is 3.82. The highest BCUT2D eigenvalue weighted by atomic mass is 32.2. The molecule has 0 saturated carbocycles. The molecule has 13 heteroatoms. The van der Waals surface area contributed by atoms with Crippen molar-refractivity contribution in [1.29, 1.82) is 0 Å². The Balaban J connectivity index is 1.34. The molecule has 0 spiro atoms. The molecule has 0 amide bonds. The summed E-state index contributed by atoms with van der Waals surface area (Å²) in [5.74, 6) is -1.72. The number of ether oxygens (including phenoxy) is 3. The van der Waals surface area contributed by atoms with Crippen LogP contribution in [0.4, 0.5) is 5.69 Å². The highest BCUT2D eigenvalue weighted by Crippen LogP contribution is 2.30. The normalized spacial score (nSPS) is 15.2. The molecule has 1 N–H and O–H groups in total. The third kappa shape index (κ3) is 7.26. The molecule has 5 rings (SSSR count). The van der Waals surface area contributed by atoms with Crippen LogP contribution < -0.4 is 4.72 Å². The average molecular weight is 660 g/mol. The van der Waals surface area contributed by atoms with Gasteiger partial charge in [0, 0.05) is 47.4 Å². The first-order chi connectivity index (χ1) is 22.5. The molecular formula is C34H33N3O9S. The van der Waals surface area contributed by atoms with E-state index in [1.165, 1.54) is 43.5 Å². The van der Waals surface area contributed by atoms with E-state index in [1.54, 1.807) is 43.0 Å². The van der Waals surface area contributed by atoms with Crippen molar-refractivity contribution in [3.05, 3.63) is 101 Å². The minimum Gasteiger partial charge on any atom is -0.467 e. The maximum absolute atomic E-state index is 13.2. The molecule has 2 atom stereocenters. The van der Waals surface area contributed by atoms with Crippen molar-refractivity contribution in [1.82, 2.24) is 4.57 Å². The minimum atomic E-state index is -4.07. The van der Waals surface area contributed by atoms with Crippen molar-refractivity contribution in [2.75, 3.05) is 25.5 Å². The molecule has 2 unspecified atom stereocenters. The lowest BCUT2D eigenvalue weighted by Gasteiger charge is -2.12. The van der Waals surface area contributed by atoms with E-state index < -0.39 is 34.0 Å². The molecule has 47 heavy (non-hydrogen) atoms. The fourth-order valence-electron chi connectivity index (χ4n) is 4.94. The van der Waals surface area contributed by atoms with Gasteiger partial charge in [-0.1, -0.05) is 41.6 Å².